The van der Waals surface area contributed by atoms with Gasteiger partial charge in [0.2, 0.25) is 11.2 Å². The molecule has 0 aliphatic rings. The summed E-state index contributed by atoms with van der Waals surface area (Å²) in [6, 6.07) is 2.10. The van der Waals surface area contributed by atoms with E-state index < -0.39 is 0 Å². The maximum absolute atomic E-state index is 5.69. The van der Waals surface area contributed by atoms with Crippen molar-refractivity contribution in [3.8, 4) is 6.01 Å². The van der Waals surface area contributed by atoms with E-state index >= 15 is 0 Å². The Balaban J connectivity index is 2.24. The van der Waals surface area contributed by atoms with Gasteiger partial charge in [0.05, 0.1) is 12.8 Å². The Kier molecular flexibility index (Phi) is 2.98. The average molecular weight is 243 g/mol. The van der Waals surface area contributed by atoms with Crippen molar-refractivity contribution in [2.45, 2.75) is 0 Å². The van der Waals surface area contributed by atoms with Crippen molar-refractivity contribution in [2.75, 3.05) is 12.4 Å². The second-order valence-electron chi connectivity index (χ2n) is 2.55. The van der Waals surface area contributed by atoms with Gasteiger partial charge < -0.3 is 10.1 Å². The van der Waals surface area contributed by atoms with E-state index in [1.54, 1.807) is 11.3 Å². The van der Waals surface area contributed by atoms with Crippen molar-refractivity contribution in [3.05, 3.63) is 22.1 Å². The maximum Gasteiger partial charge on any atom is 0.322 e. The number of methoxy groups -OCH3 is 1. The highest BCUT2D eigenvalue weighted by Gasteiger charge is 2.05. The molecular formula is C8H7ClN4OS. The number of halogens is 1. The number of anilines is 2. The van der Waals surface area contributed by atoms with Crippen LogP contribution < -0.4 is 10.1 Å². The van der Waals surface area contributed by atoms with E-state index in [4.69, 9.17) is 16.3 Å². The molecule has 1 N–H and O–H groups in total. The molecule has 2 heterocycles. The third kappa shape index (κ3) is 2.54. The van der Waals surface area contributed by atoms with E-state index in [1.165, 1.54) is 7.11 Å². The topological polar surface area (TPSA) is 59.9 Å². The normalized spacial score (nSPS) is 10.0. The molecule has 2 aromatic rings. The van der Waals surface area contributed by atoms with Crippen LogP contribution in [0.3, 0.4) is 0 Å². The number of hydrogen-bond acceptors (Lipinski definition) is 6. The zero-order valence-electron chi connectivity index (χ0n) is 7.77. The highest BCUT2D eigenvalue weighted by molar-refractivity contribution is 7.08. The number of nitrogens with one attached hydrogen (secondary N) is 1. The Morgan fingerprint density at radius 3 is 2.93 bits per heavy atom. The number of nitrogens with zero attached hydrogens (tertiary/aromatic N) is 3. The fraction of sp³-hybridized carbons (Fsp3) is 0.125. The van der Waals surface area contributed by atoms with Crippen molar-refractivity contribution in [1.82, 2.24) is 15.0 Å². The number of hydrogen-bond donors (Lipinski definition) is 1. The molecule has 0 spiro atoms. The first-order valence-electron chi connectivity index (χ1n) is 4.03. The summed E-state index contributed by atoms with van der Waals surface area (Å²) in [7, 11) is 1.47. The molecule has 5 nitrogen and oxygen atoms in total. The highest BCUT2D eigenvalue weighted by Crippen LogP contribution is 2.18. The molecule has 0 unspecified atom stereocenters. The third-order valence-electron chi connectivity index (χ3n) is 1.55. The van der Waals surface area contributed by atoms with Crippen LogP contribution in [0.4, 0.5) is 11.6 Å². The SMILES string of the molecule is COc1nc(Cl)nc(Nc2ccsc2)n1. The van der Waals surface area contributed by atoms with Gasteiger partial charge in [-0.1, -0.05) is 0 Å². The molecule has 0 atom stereocenters. The monoisotopic (exact) mass is 242 g/mol. The van der Waals surface area contributed by atoms with Crippen LogP contribution in [0.2, 0.25) is 5.28 Å². The summed E-state index contributed by atoms with van der Waals surface area (Å²) in [5, 5.41) is 6.96. The number of thiophene rings is 1. The molecule has 78 valence electrons. The van der Waals surface area contributed by atoms with Crippen LogP contribution in [-0.2, 0) is 0 Å². The lowest BCUT2D eigenvalue weighted by molar-refractivity contribution is 0.379. The average Bonchev–Trinajstić information content (AvgIpc) is 2.69. The molecule has 0 aromatic carbocycles. The molecule has 0 aliphatic heterocycles. The Morgan fingerprint density at radius 1 is 1.40 bits per heavy atom. The second-order valence-corrected chi connectivity index (χ2v) is 3.67. The molecule has 0 radical (unpaired) electrons. The number of aromatic nitrogens is 3. The van der Waals surface area contributed by atoms with Gasteiger partial charge in [0.25, 0.3) is 0 Å². The molecule has 0 aliphatic carbocycles. The molecular weight excluding hydrogens is 236 g/mol. The zero-order chi connectivity index (χ0) is 10.7. The molecule has 0 amide bonds. The summed E-state index contributed by atoms with van der Waals surface area (Å²) in [5.74, 6) is 0.366. The summed E-state index contributed by atoms with van der Waals surface area (Å²) in [5.41, 5.74) is 0.907. The van der Waals surface area contributed by atoms with Crippen LogP contribution in [-0.4, -0.2) is 22.1 Å². The molecule has 0 saturated carbocycles. The highest BCUT2D eigenvalue weighted by atomic mass is 35.5. The van der Waals surface area contributed by atoms with Gasteiger partial charge >= 0.3 is 6.01 Å². The first kappa shape index (κ1) is 10.1. The summed E-state index contributed by atoms with van der Waals surface area (Å²) in [4.78, 5) is 11.7. The van der Waals surface area contributed by atoms with E-state index in [2.05, 4.69) is 20.3 Å². The third-order valence-corrected chi connectivity index (χ3v) is 2.40. The van der Waals surface area contributed by atoms with Crippen LogP contribution in [0, 0.1) is 0 Å². The summed E-state index contributed by atoms with van der Waals surface area (Å²) >= 11 is 7.26. The first-order chi connectivity index (χ1) is 7.28. The van der Waals surface area contributed by atoms with Gasteiger partial charge in [-0.25, -0.2) is 0 Å². The van der Waals surface area contributed by atoms with Crippen molar-refractivity contribution in [3.63, 3.8) is 0 Å². The summed E-state index contributed by atoms with van der Waals surface area (Å²) in [6.45, 7) is 0. The molecule has 0 fully saturated rings. The van der Waals surface area contributed by atoms with Crippen LogP contribution in [0.15, 0.2) is 16.8 Å². The molecule has 0 bridgehead atoms. The Bertz CT molecular complexity index is 448. The van der Waals surface area contributed by atoms with Crippen molar-refractivity contribution in [1.29, 1.82) is 0 Å². The first-order valence-corrected chi connectivity index (χ1v) is 5.35. The van der Waals surface area contributed by atoms with E-state index in [-0.39, 0.29) is 11.3 Å². The van der Waals surface area contributed by atoms with Crippen LogP contribution in [0.25, 0.3) is 0 Å². The van der Waals surface area contributed by atoms with Gasteiger partial charge in [0.1, 0.15) is 0 Å². The minimum Gasteiger partial charge on any atom is -0.467 e. The predicted molar refractivity (Wildman–Crippen MR) is 59.0 cm³/mol. The van der Waals surface area contributed by atoms with Crippen molar-refractivity contribution >= 4 is 34.6 Å². The predicted octanol–water partition coefficient (Wildman–Crippen LogP) is 2.34. The molecule has 15 heavy (non-hydrogen) atoms. The zero-order valence-corrected chi connectivity index (χ0v) is 9.34. The van der Waals surface area contributed by atoms with E-state index in [1.807, 2.05) is 16.8 Å². The van der Waals surface area contributed by atoms with Crippen LogP contribution >= 0.6 is 22.9 Å². The van der Waals surface area contributed by atoms with Crippen molar-refractivity contribution in [2.24, 2.45) is 0 Å². The van der Waals surface area contributed by atoms with Gasteiger partial charge in [-0.3, -0.25) is 0 Å². The lowest BCUT2D eigenvalue weighted by atomic mass is 10.5. The quantitative estimate of drug-likeness (QED) is 0.895. The lowest BCUT2D eigenvalue weighted by Gasteiger charge is -2.03. The smallest absolute Gasteiger partial charge is 0.322 e. The van der Waals surface area contributed by atoms with E-state index in [0.717, 1.165) is 5.69 Å². The Labute approximate surface area is 95.1 Å². The number of ether oxygens (including phenoxy) is 1. The largest absolute Gasteiger partial charge is 0.467 e. The molecule has 7 heteroatoms. The second kappa shape index (κ2) is 4.41. The van der Waals surface area contributed by atoms with Crippen LogP contribution in [0.5, 0.6) is 6.01 Å². The van der Waals surface area contributed by atoms with Gasteiger partial charge in [-0.2, -0.15) is 26.3 Å². The van der Waals surface area contributed by atoms with Gasteiger partial charge in [-0.15, -0.1) is 0 Å². The van der Waals surface area contributed by atoms with E-state index in [9.17, 15) is 0 Å². The summed E-state index contributed by atoms with van der Waals surface area (Å²) in [6.07, 6.45) is 0. The fourth-order valence-corrected chi connectivity index (χ4v) is 1.68. The van der Waals surface area contributed by atoms with Gasteiger partial charge in [-0.05, 0) is 23.0 Å². The Morgan fingerprint density at radius 2 is 2.27 bits per heavy atom. The van der Waals surface area contributed by atoms with E-state index in [0.29, 0.717) is 5.95 Å². The van der Waals surface area contributed by atoms with Gasteiger partial charge in [0.15, 0.2) is 0 Å². The minimum absolute atomic E-state index is 0.0968. The molecule has 2 rings (SSSR count). The number of rotatable bonds is 3. The minimum atomic E-state index is 0.0968. The fourth-order valence-electron chi connectivity index (χ4n) is 0.944. The summed E-state index contributed by atoms with van der Waals surface area (Å²) < 4.78 is 4.87. The molecule has 2 aromatic heterocycles. The molecule has 0 saturated heterocycles. The standard InChI is InChI=1S/C8H7ClN4OS/c1-14-8-12-6(9)11-7(13-8)10-5-2-3-15-4-5/h2-4H,1H3,(H,10,11,12,13). The maximum atomic E-state index is 5.69. The Hall–Kier alpha value is -1.40. The van der Waals surface area contributed by atoms with Crippen molar-refractivity contribution < 1.29 is 4.74 Å². The van der Waals surface area contributed by atoms with Gasteiger partial charge in [0, 0.05) is 5.38 Å². The lowest BCUT2D eigenvalue weighted by Crippen LogP contribution is -2.00. The van der Waals surface area contributed by atoms with Crippen LogP contribution in [0.1, 0.15) is 0 Å².